The van der Waals surface area contributed by atoms with Crippen LogP contribution in [-0.2, 0) is 14.3 Å². The van der Waals surface area contributed by atoms with Crippen LogP contribution in [0.25, 0.3) is 0 Å². The molecule has 0 aliphatic carbocycles. The van der Waals surface area contributed by atoms with Crippen molar-refractivity contribution in [3.8, 4) is 0 Å². The summed E-state index contributed by atoms with van der Waals surface area (Å²) in [6, 6.07) is 0. The topological polar surface area (TPSA) is 89.9 Å². The van der Waals surface area contributed by atoms with Crippen molar-refractivity contribution in [3.63, 3.8) is 0 Å². The van der Waals surface area contributed by atoms with E-state index in [0.717, 1.165) is 0 Å². The van der Waals surface area contributed by atoms with Crippen molar-refractivity contribution >= 4 is 64.3 Å². The van der Waals surface area contributed by atoms with Crippen molar-refractivity contribution in [1.29, 1.82) is 0 Å². The van der Waals surface area contributed by atoms with E-state index in [1.807, 2.05) is 0 Å². The lowest BCUT2D eigenvalue weighted by molar-refractivity contribution is -0.140. The highest BCUT2D eigenvalue weighted by Gasteiger charge is 2.29. The minimum absolute atomic E-state index is 0.175. The third-order valence-electron chi connectivity index (χ3n) is 2.58. The first kappa shape index (κ1) is 20.6. The van der Waals surface area contributed by atoms with E-state index in [1.54, 1.807) is 0 Å². The van der Waals surface area contributed by atoms with E-state index < -0.39 is 39.1 Å². The molecule has 6 nitrogen and oxygen atoms in total. The molecule has 0 unspecified atom stereocenters. The molecule has 0 aromatic heterocycles. The minimum Gasteiger partial charge on any atom is -0.478 e. The van der Waals surface area contributed by atoms with Gasteiger partial charge in [-0.2, -0.15) is 0 Å². The highest BCUT2D eigenvalue weighted by molar-refractivity contribution is 6.54. The number of halogens is 4. The second kappa shape index (κ2) is 8.58. The zero-order valence-corrected chi connectivity index (χ0v) is 15.1. The molecule has 0 saturated heterocycles. The average Bonchev–Trinajstić information content (AvgIpc) is 2.51. The Balaban J connectivity index is 3.01. The Morgan fingerprint density at radius 1 is 0.917 bits per heavy atom. The first-order chi connectivity index (χ1) is 11.1. The number of carboxylic acids is 1. The zero-order chi connectivity index (χ0) is 18.6. The number of carbonyl (C=O) groups excluding carboxylic acids is 2. The predicted octanol–water partition coefficient (Wildman–Crippen LogP) is 4.27. The number of hydrogen-bond acceptors (Lipinski definition) is 5. The fourth-order valence-corrected chi connectivity index (χ4v) is 2.50. The van der Waals surface area contributed by atoms with Crippen LogP contribution in [-0.4, -0.2) is 36.2 Å². The molecule has 130 valence electrons. The molecule has 0 fully saturated rings. The number of aromatic carboxylic acids is 1. The summed E-state index contributed by atoms with van der Waals surface area (Å²) in [7, 11) is 0. The van der Waals surface area contributed by atoms with Gasteiger partial charge in [-0.05, 0) is 6.92 Å². The number of esters is 2. The normalized spacial score (nSPS) is 10.2. The Labute approximate surface area is 156 Å². The van der Waals surface area contributed by atoms with E-state index in [-0.39, 0.29) is 28.8 Å². The van der Waals surface area contributed by atoms with Gasteiger partial charge in [-0.15, -0.1) is 0 Å². The molecular weight excluding hydrogens is 406 g/mol. The van der Waals surface area contributed by atoms with Crippen molar-refractivity contribution in [3.05, 3.63) is 43.4 Å². The summed E-state index contributed by atoms with van der Waals surface area (Å²) >= 11 is 23.3. The fraction of sp³-hybridized carbons (Fsp3) is 0.214. The standard InChI is InChI=1S/C14H10Cl4O6/c1-5(2)13(21)23-3-4-24-14(22)7-6(12(19)20)8(15)10(17)11(18)9(7)16/h1,3-4H2,2H3,(H,19,20). The van der Waals surface area contributed by atoms with Gasteiger partial charge in [0, 0.05) is 5.57 Å². The maximum absolute atomic E-state index is 12.1. The van der Waals surface area contributed by atoms with Crippen molar-refractivity contribution in [2.75, 3.05) is 13.2 Å². The van der Waals surface area contributed by atoms with Crippen molar-refractivity contribution in [2.24, 2.45) is 0 Å². The van der Waals surface area contributed by atoms with Gasteiger partial charge >= 0.3 is 17.9 Å². The van der Waals surface area contributed by atoms with Crippen LogP contribution in [0.15, 0.2) is 12.2 Å². The molecule has 1 aromatic rings. The van der Waals surface area contributed by atoms with Gasteiger partial charge < -0.3 is 14.6 Å². The van der Waals surface area contributed by atoms with Crippen molar-refractivity contribution in [2.45, 2.75) is 6.92 Å². The third-order valence-corrected chi connectivity index (χ3v) is 4.39. The Bertz CT molecular complexity index is 729. The average molecular weight is 416 g/mol. The van der Waals surface area contributed by atoms with Crippen LogP contribution in [0.5, 0.6) is 0 Å². The number of ether oxygens (including phenoxy) is 2. The summed E-state index contributed by atoms with van der Waals surface area (Å²) in [6.45, 7) is 4.23. The van der Waals surface area contributed by atoms with E-state index in [2.05, 4.69) is 6.58 Å². The van der Waals surface area contributed by atoms with Gasteiger partial charge in [-0.25, -0.2) is 14.4 Å². The summed E-state index contributed by atoms with van der Waals surface area (Å²) in [5, 5.41) is 7.77. The molecule has 0 spiro atoms. The molecule has 0 bridgehead atoms. The fourth-order valence-electron chi connectivity index (χ4n) is 1.49. The lowest BCUT2D eigenvalue weighted by atomic mass is 10.1. The number of hydrogen-bond donors (Lipinski definition) is 1. The molecule has 1 N–H and O–H groups in total. The predicted molar refractivity (Wildman–Crippen MR) is 89.5 cm³/mol. The molecule has 10 heteroatoms. The second-order valence-corrected chi connectivity index (χ2v) is 5.88. The maximum atomic E-state index is 12.1. The zero-order valence-electron chi connectivity index (χ0n) is 12.1. The third kappa shape index (κ3) is 4.54. The summed E-state index contributed by atoms with van der Waals surface area (Å²) in [6.07, 6.45) is 0. The number of benzene rings is 1. The minimum atomic E-state index is -1.54. The van der Waals surface area contributed by atoms with Gasteiger partial charge in [0.25, 0.3) is 0 Å². The Hall–Kier alpha value is -1.47. The Morgan fingerprint density at radius 2 is 1.38 bits per heavy atom. The van der Waals surface area contributed by atoms with Crippen LogP contribution in [0.2, 0.25) is 20.1 Å². The van der Waals surface area contributed by atoms with Gasteiger partial charge in [-0.1, -0.05) is 53.0 Å². The summed E-state index contributed by atoms with van der Waals surface area (Å²) in [5.74, 6) is -3.31. The largest absolute Gasteiger partial charge is 0.478 e. The molecule has 0 saturated carbocycles. The van der Waals surface area contributed by atoms with E-state index in [1.165, 1.54) is 6.92 Å². The van der Waals surface area contributed by atoms with Crippen LogP contribution in [0.3, 0.4) is 0 Å². The Morgan fingerprint density at radius 3 is 1.83 bits per heavy atom. The van der Waals surface area contributed by atoms with Crippen LogP contribution in [0.4, 0.5) is 0 Å². The highest BCUT2D eigenvalue weighted by Crippen LogP contribution is 2.41. The molecule has 0 radical (unpaired) electrons. The van der Waals surface area contributed by atoms with Crippen LogP contribution < -0.4 is 0 Å². The van der Waals surface area contributed by atoms with Gasteiger partial charge in [0.2, 0.25) is 0 Å². The van der Waals surface area contributed by atoms with Crippen LogP contribution >= 0.6 is 46.4 Å². The maximum Gasteiger partial charge on any atom is 0.340 e. The van der Waals surface area contributed by atoms with Gasteiger partial charge in [-0.3, -0.25) is 0 Å². The monoisotopic (exact) mass is 414 g/mol. The molecule has 1 aromatic carbocycles. The molecule has 0 amide bonds. The highest BCUT2D eigenvalue weighted by atomic mass is 35.5. The van der Waals surface area contributed by atoms with Gasteiger partial charge in [0.15, 0.2) is 0 Å². The van der Waals surface area contributed by atoms with Crippen LogP contribution in [0, 0.1) is 0 Å². The Kier molecular flexibility index (Phi) is 7.35. The SMILES string of the molecule is C=C(C)C(=O)OCCOC(=O)c1c(Cl)c(Cl)c(Cl)c(Cl)c1C(=O)O. The van der Waals surface area contributed by atoms with Crippen molar-refractivity contribution < 1.29 is 29.0 Å². The summed E-state index contributed by atoms with van der Waals surface area (Å²) in [4.78, 5) is 34.6. The summed E-state index contributed by atoms with van der Waals surface area (Å²) < 4.78 is 9.55. The van der Waals surface area contributed by atoms with E-state index in [9.17, 15) is 19.5 Å². The molecule has 0 heterocycles. The molecule has 0 aliphatic rings. The molecular formula is C14H10Cl4O6. The molecule has 0 atom stereocenters. The number of carbonyl (C=O) groups is 3. The van der Waals surface area contributed by atoms with E-state index >= 15 is 0 Å². The van der Waals surface area contributed by atoms with Crippen molar-refractivity contribution in [1.82, 2.24) is 0 Å². The van der Waals surface area contributed by atoms with Gasteiger partial charge in [0.05, 0.1) is 31.2 Å². The molecule has 24 heavy (non-hydrogen) atoms. The summed E-state index contributed by atoms with van der Waals surface area (Å²) in [5.41, 5.74) is -1.01. The molecule has 1 rings (SSSR count). The number of rotatable bonds is 6. The lowest BCUT2D eigenvalue weighted by Gasteiger charge is -2.13. The smallest absolute Gasteiger partial charge is 0.340 e. The first-order valence-corrected chi connectivity index (χ1v) is 7.69. The quantitative estimate of drug-likeness (QED) is 0.245. The number of carboxylic acid groups (broad SMARTS) is 1. The van der Waals surface area contributed by atoms with E-state index in [4.69, 9.17) is 55.9 Å². The second-order valence-electron chi connectivity index (χ2n) is 4.36. The van der Waals surface area contributed by atoms with Gasteiger partial charge in [0.1, 0.15) is 13.2 Å². The van der Waals surface area contributed by atoms with E-state index in [0.29, 0.717) is 0 Å². The molecule has 0 aliphatic heterocycles. The first-order valence-electron chi connectivity index (χ1n) is 6.18. The lowest BCUT2D eigenvalue weighted by Crippen LogP contribution is -2.17. The van der Waals surface area contributed by atoms with Crippen LogP contribution in [0.1, 0.15) is 27.6 Å².